The van der Waals surface area contributed by atoms with Gasteiger partial charge in [-0.25, -0.2) is 13.8 Å². The van der Waals surface area contributed by atoms with Crippen LogP contribution in [-0.4, -0.2) is 25.6 Å². The van der Waals surface area contributed by atoms with Gasteiger partial charge in [-0.05, 0) is 18.3 Å². The van der Waals surface area contributed by atoms with Gasteiger partial charge < -0.3 is 10.2 Å². The third-order valence-electron chi connectivity index (χ3n) is 3.29. The number of rotatable bonds is 4. The van der Waals surface area contributed by atoms with Crippen molar-refractivity contribution in [2.24, 2.45) is 11.8 Å². The fraction of sp³-hybridized carbons (Fsp3) is 0.583. The van der Waals surface area contributed by atoms with Crippen molar-refractivity contribution in [1.29, 1.82) is 0 Å². The molecule has 1 saturated carbocycles. The second-order valence-corrected chi connectivity index (χ2v) is 4.73. The standard InChI is InChI=1S/C12H17F2N3/c1-7-4-8(7)6-17(3)12-10(14)5-9(13)11(15-2)16-12/h5,7-8H,4,6H2,1-3H3,(H,15,16). The van der Waals surface area contributed by atoms with Crippen LogP contribution in [-0.2, 0) is 0 Å². The lowest BCUT2D eigenvalue weighted by molar-refractivity contribution is 0.570. The topological polar surface area (TPSA) is 28.2 Å². The van der Waals surface area contributed by atoms with E-state index in [-0.39, 0.29) is 11.6 Å². The van der Waals surface area contributed by atoms with Crippen molar-refractivity contribution >= 4 is 11.6 Å². The van der Waals surface area contributed by atoms with E-state index in [1.165, 1.54) is 6.42 Å². The summed E-state index contributed by atoms with van der Waals surface area (Å²) in [5.41, 5.74) is 0. The molecule has 0 bridgehead atoms. The van der Waals surface area contributed by atoms with E-state index in [0.29, 0.717) is 11.8 Å². The number of pyridine rings is 1. The number of nitrogens with one attached hydrogen (secondary N) is 1. The van der Waals surface area contributed by atoms with Gasteiger partial charge in [-0.1, -0.05) is 6.92 Å². The van der Waals surface area contributed by atoms with Gasteiger partial charge in [0.05, 0.1) is 0 Å². The third kappa shape index (κ3) is 2.48. The zero-order valence-corrected chi connectivity index (χ0v) is 10.3. The second-order valence-electron chi connectivity index (χ2n) is 4.73. The smallest absolute Gasteiger partial charge is 0.168 e. The van der Waals surface area contributed by atoms with Gasteiger partial charge in [0.25, 0.3) is 0 Å². The number of nitrogens with zero attached hydrogens (tertiary/aromatic N) is 2. The lowest BCUT2D eigenvalue weighted by atomic mass is 10.3. The summed E-state index contributed by atoms with van der Waals surface area (Å²) in [6.45, 7) is 2.94. The second kappa shape index (κ2) is 4.47. The minimum atomic E-state index is -0.665. The normalized spacial score (nSPS) is 22.4. The Hall–Kier alpha value is -1.39. The number of hydrogen-bond donors (Lipinski definition) is 1. The molecule has 1 fully saturated rings. The van der Waals surface area contributed by atoms with Gasteiger partial charge in [0.15, 0.2) is 23.3 Å². The Morgan fingerprint density at radius 2 is 2.12 bits per heavy atom. The number of halogens is 2. The van der Waals surface area contributed by atoms with Crippen LogP contribution in [0.1, 0.15) is 13.3 Å². The first-order valence-corrected chi connectivity index (χ1v) is 5.78. The Morgan fingerprint density at radius 3 is 2.65 bits per heavy atom. The van der Waals surface area contributed by atoms with E-state index in [1.807, 2.05) is 0 Å². The molecular weight excluding hydrogens is 224 g/mol. The molecule has 17 heavy (non-hydrogen) atoms. The summed E-state index contributed by atoms with van der Waals surface area (Å²) >= 11 is 0. The molecule has 1 aromatic rings. The SMILES string of the molecule is CNc1nc(N(C)CC2CC2C)c(F)cc1F. The molecule has 2 atom stereocenters. The molecule has 0 amide bonds. The average Bonchev–Trinajstić information content (AvgIpc) is 2.94. The Morgan fingerprint density at radius 1 is 1.47 bits per heavy atom. The van der Waals surface area contributed by atoms with Crippen LogP contribution in [0.15, 0.2) is 6.07 Å². The highest BCUT2D eigenvalue weighted by atomic mass is 19.1. The molecule has 1 aliphatic carbocycles. The monoisotopic (exact) mass is 241 g/mol. The molecule has 3 nitrogen and oxygen atoms in total. The van der Waals surface area contributed by atoms with E-state index < -0.39 is 11.6 Å². The van der Waals surface area contributed by atoms with Crippen molar-refractivity contribution in [3.8, 4) is 0 Å². The average molecular weight is 241 g/mol. The van der Waals surface area contributed by atoms with Crippen molar-refractivity contribution in [1.82, 2.24) is 4.98 Å². The molecule has 0 saturated heterocycles. The molecule has 0 aromatic carbocycles. The van der Waals surface area contributed by atoms with Gasteiger partial charge in [0.2, 0.25) is 0 Å². The van der Waals surface area contributed by atoms with Crippen molar-refractivity contribution in [3.05, 3.63) is 17.7 Å². The van der Waals surface area contributed by atoms with Crippen molar-refractivity contribution in [3.63, 3.8) is 0 Å². The lowest BCUT2D eigenvalue weighted by Crippen LogP contribution is -2.23. The summed E-state index contributed by atoms with van der Waals surface area (Å²) in [5, 5.41) is 2.62. The molecule has 0 radical (unpaired) electrons. The van der Waals surface area contributed by atoms with Crippen molar-refractivity contribution < 1.29 is 8.78 Å². The maximum absolute atomic E-state index is 13.6. The zero-order chi connectivity index (χ0) is 12.6. The van der Waals surface area contributed by atoms with Gasteiger partial charge >= 0.3 is 0 Å². The number of aromatic nitrogens is 1. The minimum Gasteiger partial charge on any atom is -0.371 e. The van der Waals surface area contributed by atoms with Crippen LogP contribution in [0.5, 0.6) is 0 Å². The highest BCUT2D eigenvalue weighted by molar-refractivity contribution is 5.48. The molecule has 0 aliphatic heterocycles. The van der Waals surface area contributed by atoms with E-state index in [2.05, 4.69) is 17.2 Å². The van der Waals surface area contributed by atoms with Crippen LogP contribution in [0, 0.1) is 23.5 Å². The summed E-state index contributed by atoms with van der Waals surface area (Å²) in [4.78, 5) is 5.71. The van der Waals surface area contributed by atoms with E-state index in [9.17, 15) is 8.78 Å². The summed E-state index contributed by atoms with van der Waals surface area (Å²) in [7, 11) is 3.35. The van der Waals surface area contributed by atoms with Gasteiger partial charge in [-0.2, -0.15) is 0 Å². The molecular formula is C12H17F2N3. The van der Waals surface area contributed by atoms with Crippen LogP contribution >= 0.6 is 0 Å². The predicted molar refractivity (Wildman–Crippen MR) is 64.2 cm³/mol. The van der Waals surface area contributed by atoms with Crippen molar-refractivity contribution in [2.75, 3.05) is 30.9 Å². The predicted octanol–water partition coefficient (Wildman–Crippen LogP) is 2.49. The number of hydrogen-bond acceptors (Lipinski definition) is 3. The largest absolute Gasteiger partial charge is 0.371 e. The van der Waals surface area contributed by atoms with E-state index >= 15 is 0 Å². The summed E-state index contributed by atoms with van der Waals surface area (Å²) < 4.78 is 26.9. The van der Waals surface area contributed by atoms with Crippen LogP contribution < -0.4 is 10.2 Å². The summed E-state index contributed by atoms with van der Waals surface area (Å²) in [6.07, 6.45) is 1.17. The summed E-state index contributed by atoms with van der Waals surface area (Å²) in [5.74, 6) is 0.306. The Labute approximate surface area is 99.8 Å². The quantitative estimate of drug-likeness (QED) is 0.877. The first-order chi connectivity index (χ1) is 8.02. The minimum absolute atomic E-state index is 0.0806. The maximum atomic E-state index is 13.6. The number of anilines is 2. The highest BCUT2D eigenvalue weighted by Gasteiger charge is 2.34. The van der Waals surface area contributed by atoms with Gasteiger partial charge in [0.1, 0.15) is 0 Å². The highest BCUT2D eigenvalue weighted by Crippen LogP contribution is 2.38. The molecule has 1 heterocycles. The van der Waals surface area contributed by atoms with Crippen LogP contribution in [0.4, 0.5) is 20.4 Å². The summed E-state index contributed by atoms with van der Waals surface area (Å²) in [6, 6.07) is 0.876. The molecule has 1 N–H and O–H groups in total. The van der Waals surface area contributed by atoms with Crippen molar-refractivity contribution in [2.45, 2.75) is 13.3 Å². The lowest BCUT2D eigenvalue weighted by Gasteiger charge is -2.19. The first-order valence-electron chi connectivity index (χ1n) is 5.78. The maximum Gasteiger partial charge on any atom is 0.168 e. The molecule has 5 heteroatoms. The zero-order valence-electron chi connectivity index (χ0n) is 10.3. The van der Waals surface area contributed by atoms with Crippen LogP contribution in [0.2, 0.25) is 0 Å². The molecule has 2 rings (SSSR count). The van der Waals surface area contributed by atoms with Crippen LogP contribution in [0.25, 0.3) is 0 Å². The third-order valence-corrected chi connectivity index (χ3v) is 3.29. The molecule has 1 aliphatic rings. The molecule has 1 aromatic heterocycles. The Kier molecular flexibility index (Phi) is 3.17. The Balaban J connectivity index is 2.18. The van der Waals surface area contributed by atoms with Gasteiger partial charge in [-0.3, -0.25) is 0 Å². The van der Waals surface area contributed by atoms with E-state index in [4.69, 9.17) is 0 Å². The van der Waals surface area contributed by atoms with Gasteiger partial charge in [0, 0.05) is 26.7 Å². The molecule has 94 valence electrons. The first kappa shape index (κ1) is 12.1. The Bertz CT molecular complexity index is 422. The van der Waals surface area contributed by atoms with E-state index in [1.54, 1.807) is 19.0 Å². The fourth-order valence-electron chi connectivity index (χ4n) is 1.99. The van der Waals surface area contributed by atoms with Gasteiger partial charge in [-0.15, -0.1) is 0 Å². The van der Waals surface area contributed by atoms with Crippen LogP contribution in [0.3, 0.4) is 0 Å². The fourth-order valence-corrected chi connectivity index (χ4v) is 1.99. The van der Waals surface area contributed by atoms with E-state index in [0.717, 1.165) is 12.6 Å². The molecule has 0 spiro atoms. The molecule has 2 unspecified atom stereocenters.